The first-order valence-corrected chi connectivity index (χ1v) is 8.89. The molecule has 0 heterocycles. The first kappa shape index (κ1) is 21.5. The Labute approximate surface area is 165 Å². The molecule has 1 N–H and O–H groups in total. The van der Waals surface area contributed by atoms with Gasteiger partial charge in [0.2, 0.25) is 0 Å². The van der Waals surface area contributed by atoms with Crippen molar-refractivity contribution >= 4 is 11.9 Å². The molecule has 150 valence electrons. The third-order valence-corrected chi connectivity index (χ3v) is 3.97. The summed E-state index contributed by atoms with van der Waals surface area (Å²) in [7, 11) is 3.10. The SMILES string of the molecule is COCOc1cc(/C=C/C(=O)c2ccccc2O)cc(OCOC)c1C(C)C. The van der Waals surface area contributed by atoms with Crippen molar-refractivity contribution in [2.24, 2.45) is 0 Å². The fourth-order valence-corrected chi connectivity index (χ4v) is 2.71. The van der Waals surface area contributed by atoms with E-state index in [2.05, 4.69) is 0 Å². The van der Waals surface area contributed by atoms with Gasteiger partial charge in [0, 0.05) is 19.8 Å². The topological polar surface area (TPSA) is 74.2 Å². The highest BCUT2D eigenvalue weighted by atomic mass is 16.7. The quantitative estimate of drug-likeness (QED) is 0.371. The van der Waals surface area contributed by atoms with Crippen LogP contribution in [0.1, 0.15) is 41.3 Å². The predicted molar refractivity (Wildman–Crippen MR) is 107 cm³/mol. The number of hydrogen-bond acceptors (Lipinski definition) is 6. The van der Waals surface area contributed by atoms with Gasteiger partial charge >= 0.3 is 0 Å². The Morgan fingerprint density at radius 1 is 1.04 bits per heavy atom. The zero-order valence-electron chi connectivity index (χ0n) is 16.6. The van der Waals surface area contributed by atoms with Gasteiger partial charge in [0.15, 0.2) is 19.4 Å². The Kier molecular flexibility index (Phi) is 8.04. The van der Waals surface area contributed by atoms with Crippen LogP contribution in [0.4, 0.5) is 0 Å². The average Bonchev–Trinajstić information content (AvgIpc) is 2.68. The van der Waals surface area contributed by atoms with Crippen molar-refractivity contribution in [3.8, 4) is 17.2 Å². The number of hydrogen-bond donors (Lipinski definition) is 1. The van der Waals surface area contributed by atoms with Gasteiger partial charge in [-0.1, -0.05) is 32.1 Å². The van der Waals surface area contributed by atoms with E-state index < -0.39 is 0 Å². The molecule has 0 fully saturated rings. The van der Waals surface area contributed by atoms with Gasteiger partial charge in [-0.05, 0) is 41.8 Å². The van der Waals surface area contributed by atoms with Crippen LogP contribution in [0, 0.1) is 0 Å². The van der Waals surface area contributed by atoms with Crippen molar-refractivity contribution in [3.05, 3.63) is 59.2 Å². The Morgan fingerprint density at radius 2 is 1.61 bits per heavy atom. The molecule has 6 heteroatoms. The lowest BCUT2D eigenvalue weighted by Gasteiger charge is -2.19. The summed E-state index contributed by atoms with van der Waals surface area (Å²) < 4.78 is 21.5. The number of phenols is 1. The van der Waals surface area contributed by atoms with Crippen molar-refractivity contribution in [2.75, 3.05) is 27.8 Å². The highest BCUT2D eigenvalue weighted by molar-refractivity contribution is 6.08. The van der Waals surface area contributed by atoms with E-state index in [1.165, 1.54) is 12.1 Å². The molecule has 0 aliphatic rings. The number of ether oxygens (including phenoxy) is 4. The lowest BCUT2D eigenvalue weighted by molar-refractivity contribution is 0.0443. The lowest BCUT2D eigenvalue weighted by atomic mass is 9.98. The van der Waals surface area contributed by atoms with E-state index in [9.17, 15) is 9.90 Å². The van der Waals surface area contributed by atoms with Gasteiger partial charge in [0.1, 0.15) is 17.2 Å². The van der Waals surface area contributed by atoms with Gasteiger partial charge in [0.25, 0.3) is 0 Å². The predicted octanol–water partition coefficient (Wildman–Crippen LogP) is 4.38. The second kappa shape index (κ2) is 10.5. The first-order chi connectivity index (χ1) is 13.5. The molecule has 6 nitrogen and oxygen atoms in total. The molecule has 0 atom stereocenters. The molecule has 2 rings (SSSR count). The van der Waals surface area contributed by atoms with Crippen LogP contribution in [0.5, 0.6) is 17.2 Å². The molecule has 0 bridgehead atoms. The molecule has 0 aromatic heterocycles. The molecule has 0 aliphatic heterocycles. The zero-order chi connectivity index (χ0) is 20.5. The standard InChI is InChI=1S/C22H26O6/c1-15(2)22-20(27-13-25-3)11-16(12-21(22)28-14-26-4)9-10-19(24)17-7-5-6-8-18(17)23/h5-12,15,23H,13-14H2,1-4H3/b10-9+. The van der Waals surface area contributed by atoms with E-state index in [0.29, 0.717) is 17.1 Å². The monoisotopic (exact) mass is 386 g/mol. The summed E-state index contributed by atoms with van der Waals surface area (Å²) in [6, 6.07) is 10.1. The molecule has 0 spiro atoms. The fourth-order valence-electron chi connectivity index (χ4n) is 2.71. The Morgan fingerprint density at radius 3 is 2.11 bits per heavy atom. The van der Waals surface area contributed by atoms with Crippen LogP contribution in [0.25, 0.3) is 6.08 Å². The second-order valence-corrected chi connectivity index (χ2v) is 6.40. The normalized spacial score (nSPS) is 11.2. The Hall–Kier alpha value is -2.83. The Balaban J connectivity index is 2.39. The van der Waals surface area contributed by atoms with E-state index in [4.69, 9.17) is 18.9 Å². The molecule has 0 amide bonds. The van der Waals surface area contributed by atoms with Crippen molar-refractivity contribution in [3.63, 3.8) is 0 Å². The fraction of sp³-hybridized carbons (Fsp3) is 0.318. The van der Waals surface area contributed by atoms with Crippen LogP contribution in [0.2, 0.25) is 0 Å². The van der Waals surface area contributed by atoms with Gasteiger partial charge in [-0.15, -0.1) is 0 Å². The summed E-state index contributed by atoms with van der Waals surface area (Å²) >= 11 is 0. The molecule has 0 radical (unpaired) electrons. The van der Waals surface area contributed by atoms with E-state index in [1.54, 1.807) is 38.5 Å². The minimum Gasteiger partial charge on any atom is -0.507 e. The number of carbonyl (C=O) groups excluding carboxylic acids is 1. The number of rotatable bonds is 10. The van der Waals surface area contributed by atoms with Crippen molar-refractivity contribution < 1.29 is 28.8 Å². The number of methoxy groups -OCH3 is 2. The van der Waals surface area contributed by atoms with Gasteiger partial charge in [0.05, 0.1) is 5.56 Å². The molecular formula is C22H26O6. The van der Waals surface area contributed by atoms with Crippen molar-refractivity contribution in [2.45, 2.75) is 19.8 Å². The third kappa shape index (κ3) is 5.58. The Bertz CT molecular complexity index is 797. The van der Waals surface area contributed by atoms with Gasteiger partial charge in [-0.25, -0.2) is 0 Å². The molecule has 0 aliphatic carbocycles. The maximum Gasteiger partial charge on any atom is 0.189 e. The molecule has 0 unspecified atom stereocenters. The molecule has 28 heavy (non-hydrogen) atoms. The highest BCUT2D eigenvalue weighted by Gasteiger charge is 2.17. The minimum absolute atomic E-state index is 0.0551. The number of carbonyl (C=O) groups is 1. The summed E-state index contributed by atoms with van der Waals surface area (Å²) in [5, 5.41) is 9.84. The summed E-state index contributed by atoms with van der Waals surface area (Å²) in [6.45, 7) is 4.25. The van der Waals surface area contributed by atoms with Crippen LogP contribution < -0.4 is 9.47 Å². The molecular weight excluding hydrogens is 360 g/mol. The van der Waals surface area contributed by atoms with E-state index >= 15 is 0 Å². The van der Waals surface area contributed by atoms with Crippen molar-refractivity contribution in [1.29, 1.82) is 0 Å². The highest BCUT2D eigenvalue weighted by Crippen LogP contribution is 2.37. The van der Waals surface area contributed by atoms with Crippen LogP contribution in [-0.4, -0.2) is 38.7 Å². The van der Waals surface area contributed by atoms with Gasteiger partial charge in [-0.3, -0.25) is 4.79 Å². The summed E-state index contributed by atoms with van der Waals surface area (Å²) in [5.41, 5.74) is 1.84. The zero-order valence-corrected chi connectivity index (χ0v) is 16.6. The van der Waals surface area contributed by atoms with E-state index in [-0.39, 0.29) is 36.6 Å². The molecule has 2 aromatic carbocycles. The van der Waals surface area contributed by atoms with Gasteiger partial charge in [-0.2, -0.15) is 0 Å². The van der Waals surface area contributed by atoms with E-state index in [0.717, 1.165) is 5.56 Å². The van der Waals surface area contributed by atoms with Gasteiger partial charge < -0.3 is 24.1 Å². The number of ketones is 1. The maximum atomic E-state index is 12.4. The lowest BCUT2D eigenvalue weighted by Crippen LogP contribution is -2.07. The summed E-state index contributed by atoms with van der Waals surface area (Å²) in [5.74, 6) is 1.00. The number of aromatic hydroxyl groups is 1. The smallest absolute Gasteiger partial charge is 0.189 e. The number of benzene rings is 2. The summed E-state index contributed by atoms with van der Waals surface area (Å²) in [6.07, 6.45) is 3.05. The largest absolute Gasteiger partial charge is 0.507 e. The van der Waals surface area contributed by atoms with Crippen LogP contribution in [-0.2, 0) is 9.47 Å². The van der Waals surface area contributed by atoms with Crippen LogP contribution in [0.15, 0.2) is 42.5 Å². The molecule has 0 saturated heterocycles. The minimum atomic E-state index is -0.301. The van der Waals surface area contributed by atoms with Crippen LogP contribution >= 0.6 is 0 Å². The molecule has 0 saturated carbocycles. The number of phenolic OH excluding ortho intramolecular Hbond substituents is 1. The molecule has 2 aromatic rings. The first-order valence-electron chi connectivity index (χ1n) is 8.89. The number of para-hydroxylation sites is 1. The summed E-state index contributed by atoms with van der Waals surface area (Å²) in [4.78, 5) is 12.4. The van der Waals surface area contributed by atoms with Crippen LogP contribution in [0.3, 0.4) is 0 Å². The maximum absolute atomic E-state index is 12.4. The second-order valence-electron chi connectivity index (χ2n) is 6.40. The number of allylic oxidation sites excluding steroid dienone is 1. The van der Waals surface area contributed by atoms with E-state index in [1.807, 2.05) is 26.0 Å². The average molecular weight is 386 g/mol. The van der Waals surface area contributed by atoms with Crippen molar-refractivity contribution in [1.82, 2.24) is 0 Å². The third-order valence-electron chi connectivity index (χ3n) is 3.97.